The summed E-state index contributed by atoms with van der Waals surface area (Å²) < 4.78 is 25.9. The van der Waals surface area contributed by atoms with Crippen molar-refractivity contribution in [1.82, 2.24) is 15.3 Å². The molecule has 102 valence electrons. The number of aromatic nitrogens is 2. The first-order valence-electron chi connectivity index (χ1n) is 5.77. The SMILES string of the molecule is CN(C)c1ncc(CNC(C)(C)C)c(C(F)F)n1. The molecule has 0 aromatic carbocycles. The first kappa shape index (κ1) is 14.8. The Labute approximate surface area is 106 Å². The molecule has 0 radical (unpaired) electrons. The van der Waals surface area contributed by atoms with Gasteiger partial charge in [0.1, 0.15) is 5.69 Å². The standard InChI is InChI=1S/C12H20F2N4/c1-12(2,3)16-7-8-6-15-11(18(4)5)17-9(8)10(13)14/h6,10,16H,7H2,1-5H3. The number of halogens is 2. The Bertz CT molecular complexity index is 400. The topological polar surface area (TPSA) is 41.1 Å². The Morgan fingerprint density at radius 1 is 1.33 bits per heavy atom. The Morgan fingerprint density at radius 3 is 2.39 bits per heavy atom. The van der Waals surface area contributed by atoms with Crippen LogP contribution in [-0.4, -0.2) is 29.6 Å². The molecule has 0 spiro atoms. The van der Waals surface area contributed by atoms with E-state index in [1.165, 1.54) is 6.20 Å². The lowest BCUT2D eigenvalue weighted by molar-refractivity contribution is 0.144. The number of alkyl halides is 2. The average Bonchev–Trinajstić information content (AvgIpc) is 2.24. The van der Waals surface area contributed by atoms with Gasteiger partial charge in [0.2, 0.25) is 5.95 Å². The summed E-state index contributed by atoms with van der Waals surface area (Å²) in [6, 6.07) is 0. The van der Waals surface area contributed by atoms with Gasteiger partial charge < -0.3 is 10.2 Å². The minimum atomic E-state index is -2.59. The molecule has 1 aromatic rings. The summed E-state index contributed by atoms with van der Waals surface area (Å²) in [4.78, 5) is 9.56. The molecule has 0 saturated carbocycles. The molecule has 4 nitrogen and oxygen atoms in total. The van der Waals surface area contributed by atoms with Gasteiger partial charge in [0, 0.05) is 37.9 Å². The maximum Gasteiger partial charge on any atom is 0.280 e. The highest BCUT2D eigenvalue weighted by atomic mass is 19.3. The molecule has 1 rings (SSSR count). The minimum absolute atomic E-state index is 0.139. The lowest BCUT2D eigenvalue weighted by Crippen LogP contribution is -2.35. The zero-order chi connectivity index (χ0) is 13.9. The van der Waals surface area contributed by atoms with Crippen LogP contribution in [0.3, 0.4) is 0 Å². The third-order valence-electron chi connectivity index (χ3n) is 2.30. The molecule has 0 amide bonds. The van der Waals surface area contributed by atoms with E-state index in [2.05, 4.69) is 15.3 Å². The van der Waals surface area contributed by atoms with Crippen molar-refractivity contribution in [2.45, 2.75) is 39.3 Å². The van der Waals surface area contributed by atoms with E-state index in [1.54, 1.807) is 19.0 Å². The minimum Gasteiger partial charge on any atom is -0.347 e. The zero-order valence-corrected chi connectivity index (χ0v) is 11.5. The molecule has 0 saturated heterocycles. The van der Waals surface area contributed by atoms with E-state index in [0.29, 0.717) is 18.1 Å². The van der Waals surface area contributed by atoms with E-state index in [-0.39, 0.29) is 11.2 Å². The van der Waals surface area contributed by atoms with Gasteiger partial charge in [-0.2, -0.15) is 0 Å². The van der Waals surface area contributed by atoms with E-state index in [0.717, 1.165) is 0 Å². The molecule has 18 heavy (non-hydrogen) atoms. The van der Waals surface area contributed by atoms with Gasteiger partial charge in [0.15, 0.2) is 0 Å². The largest absolute Gasteiger partial charge is 0.347 e. The molecule has 0 unspecified atom stereocenters. The molecule has 0 atom stereocenters. The average molecular weight is 258 g/mol. The Hall–Kier alpha value is -1.30. The monoisotopic (exact) mass is 258 g/mol. The first-order valence-corrected chi connectivity index (χ1v) is 5.77. The predicted molar refractivity (Wildman–Crippen MR) is 67.9 cm³/mol. The number of nitrogens with zero attached hydrogens (tertiary/aromatic N) is 3. The van der Waals surface area contributed by atoms with Crippen LogP contribution in [-0.2, 0) is 6.54 Å². The Balaban J connectivity index is 2.97. The fourth-order valence-electron chi connectivity index (χ4n) is 1.31. The summed E-state index contributed by atoms with van der Waals surface area (Å²) in [5, 5.41) is 3.16. The number of hydrogen-bond acceptors (Lipinski definition) is 4. The molecule has 1 aromatic heterocycles. The maximum atomic E-state index is 13.0. The molecular weight excluding hydrogens is 238 g/mol. The van der Waals surface area contributed by atoms with Crippen LogP contribution in [0.5, 0.6) is 0 Å². The predicted octanol–water partition coefficient (Wildman–Crippen LogP) is 2.37. The van der Waals surface area contributed by atoms with Gasteiger partial charge in [-0.3, -0.25) is 0 Å². The van der Waals surface area contributed by atoms with Crippen LogP contribution in [0.2, 0.25) is 0 Å². The van der Waals surface area contributed by atoms with Crippen molar-refractivity contribution in [1.29, 1.82) is 0 Å². The van der Waals surface area contributed by atoms with Crippen LogP contribution in [0.1, 0.15) is 38.5 Å². The van der Waals surface area contributed by atoms with Crippen molar-refractivity contribution < 1.29 is 8.78 Å². The van der Waals surface area contributed by atoms with Gasteiger partial charge in [-0.05, 0) is 20.8 Å². The maximum absolute atomic E-state index is 13.0. The summed E-state index contributed by atoms with van der Waals surface area (Å²) in [6.07, 6.45) is -1.13. The third-order valence-corrected chi connectivity index (χ3v) is 2.30. The molecule has 0 fully saturated rings. The number of hydrogen-bond donors (Lipinski definition) is 1. The molecule has 6 heteroatoms. The number of rotatable bonds is 4. The van der Waals surface area contributed by atoms with Crippen molar-refractivity contribution in [3.8, 4) is 0 Å². The van der Waals surface area contributed by atoms with E-state index in [1.807, 2.05) is 20.8 Å². The third kappa shape index (κ3) is 4.18. The van der Waals surface area contributed by atoms with Crippen molar-refractivity contribution in [3.63, 3.8) is 0 Å². The highest BCUT2D eigenvalue weighted by Crippen LogP contribution is 2.22. The lowest BCUT2D eigenvalue weighted by atomic mass is 10.1. The van der Waals surface area contributed by atoms with Gasteiger partial charge in [-0.25, -0.2) is 18.7 Å². The van der Waals surface area contributed by atoms with Gasteiger partial charge in [0.05, 0.1) is 0 Å². The van der Waals surface area contributed by atoms with Crippen LogP contribution in [0.4, 0.5) is 14.7 Å². The van der Waals surface area contributed by atoms with Gasteiger partial charge in [-0.15, -0.1) is 0 Å². The fraction of sp³-hybridized carbons (Fsp3) is 0.667. The van der Waals surface area contributed by atoms with Crippen molar-refractivity contribution in [3.05, 3.63) is 17.5 Å². The van der Waals surface area contributed by atoms with Crippen molar-refractivity contribution >= 4 is 5.95 Å². The van der Waals surface area contributed by atoms with E-state index in [4.69, 9.17) is 0 Å². The molecule has 1 heterocycles. The van der Waals surface area contributed by atoms with E-state index < -0.39 is 6.43 Å². The molecule has 0 aliphatic rings. The summed E-state index contributed by atoms with van der Waals surface area (Å²) in [5.41, 5.74) is 0.0931. The summed E-state index contributed by atoms with van der Waals surface area (Å²) in [7, 11) is 3.44. The quantitative estimate of drug-likeness (QED) is 0.900. The summed E-state index contributed by atoms with van der Waals surface area (Å²) in [5.74, 6) is 0.296. The number of nitrogens with one attached hydrogen (secondary N) is 1. The van der Waals surface area contributed by atoms with Crippen LogP contribution in [0, 0.1) is 0 Å². The molecule has 0 aliphatic heterocycles. The Kier molecular flexibility index (Phi) is 4.56. The molecular formula is C12H20F2N4. The molecule has 0 bridgehead atoms. The highest BCUT2D eigenvalue weighted by Gasteiger charge is 2.18. The number of anilines is 1. The second-order valence-corrected chi connectivity index (χ2v) is 5.38. The van der Waals surface area contributed by atoms with Gasteiger partial charge in [0.25, 0.3) is 6.43 Å². The van der Waals surface area contributed by atoms with Crippen LogP contribution in [0.15, 0.2) is 6.20 Å². The first-order chi connectivity index (χ1) is 8.20. The van der Waals surface area contributed by atoms with Crippen LogP contribution < -0.4 is 10.2 Å². The molecule has 1 N–H and O–H groups in total. The normalized spacial score (nSPS) is 12.0. The van der Waals surface area contributed by atoms with Crippen molar-refractivity contribution in [2.75, 3.05) is 19.0 Å². The van der Waals surface area contributed by atoms with E-state index in [9.17, 15) is 8.78 Å². The van der Waals surface area contributed by atoms with E-state index >= 15 is 0 Å². The Morgan fingerprint density at radius 2 is 1.94 bits per heavy atom. The van der Waals surface area contributed by atoms with Gasteiger partial charge in [-0.1, -0.05) is 0 Å². The highest BCUT2D eigenvalue weighted by molar-refractivity contribution is 5.31. The smallest absolute Gasteiger partial charge is 0.280 e. The summed E-state index contributed by atoms with van der Waals surface area (Å²) >= 11 is 0. The molecule has 0 aliphatic carbocycles. The van der Waals surface area contributed by atoms with Gasteiger partial charge >= 0.3 is 0 Å². The van der Waals surface area contributed by atoms with Crippen LogP contribution >= 0.6 is 0 Å². The second-order valence-electron chi connectivity index (χ2n) is 5.38. The second kappa shape index (κ2) is 5.56. The fourth-order valence-corrected chi connectivity index (χ4v) is 1.31. The summed E-state index contributed by atoms with van der Waals surface area (Å²) in [6.45, 7) is 6.26. The zero-order valence-electron chi connectivity index (χ0n) is 11.5. The van der Waals surface area contributed by atoms with Crippen molar-refractivity contribution in [2.24, 2.45) is 0 Å². The van der Waals surface area contributed by atoms with Crippen LogP contribution in [0.25, 0.3) is 0 Å². The lowest BCUT2D eigenvalue weighted by Gasteiger charge is -2.21.